The van der Waals surface area contributed by atoms with E-state index in [-0.39, 0.29) is 30.5 Å². The van der Waals surface area contributed by atoms with E-state index < -0.39 is 5.60 Å². The van der Waals surface area contributed by atoms with Crippen molar-refractivity contribution in [2.45, 2.75) is 77.9 Å². The first kappa shape index (κ1) is 27.2. The van der Waals surface area contributed by atoms with Gasteiger partial charge in [0.25, 0.3) is 0 Å². The predicted molar refractivity (Wildman–Crippen MR) is 149 cm³/mol. The molecule has 4 heterocycles. The third-order valence-electron chi connectivity index (χ3n) is 6.12. The van der Waals surface area contributed by atoms with Crippen LogP contribution in [0, 0.1) is 0 Å². The molecule has 4 aromatic heterocycles. The maximum atomic E-state index is 11.8. The van der Waals surface area contributed by atoms with E-state index in [1.54, 1.807) is 18.5 Å². The fourth-order valence-corrected chi connectivity index (χ4v) is 4.20. The van der Waals surface area contributed by atoms with Crippen LogP contribution >= 0.6 is 0 Å². The topological polar surface area (TPSA) is 157 Å². The third-order valence-corrected chi connectivity index (χ3v) is 6.12. The van der Waals surface area contributed by atoms with Crippen molar-refractivity contribution in [2.24, 2.45) is 0 Å². The summed E-state index contributed by atoms with van der Waals surface area (Å²) in [6.07, 6.45) is 10.2. The number of aromatic nitrogens is 7. The SMILES string of the molecule is CC(C)(C)OC(=O)CCO/C=C/c1cnc(-c2c(-c3nn(C(C)(C)C)c4ncnc(N)c34)noc2C2CC2)nc1. The molecule has 12 heteroatoms. The van der Waals surface area contributed by atoms with Gasteiger partial charge in [-0.3, -0.25) is 4.79 Å². The van der Waals surface area contributed by atoms with Crippen LogP contribution in [0.1, 0.15) is 78.0 Å². The second-order valence-corrected chi connectivity index (χ2v) is 11.8. The van der Waals surface area contributed by atoms with Gasteiger partial charge >= 0.3 is 5.97 Å². The van der Waals surface area contributed by atoms with Crippen molar-refractivity contribution in [3.8, 4) is 22.8 Å². The Balaban J connectivity index is 1.41. The molecule has 0 amide bonds. The van der Waals surface area contributed by atoms with Gasteiger partial charge < -0.3 is 19.7 Å². The van der Waals surface area contributed by atoms with E-state index in [1.807, 2.05) is 46.2 Å². The highest BCUT2D eigenvalue weighted by Crippen LogP contribution is 2.47. The number of hydrogen-bond donors (Lipinski definition) is 1. The molecular weight excluding hydrogens is 512 g/mol. The van der Waals surface area contributed by atoms with E-state index >= 15 is 0 Å². The zero-order chi connectivity index (χ0) is 28.7. The van der Waals surface area contributed by atoms with E-state index in [0.29, 0.717) is 39.6 Å². The first-order chi connectivity index (χ1) is 18.9. The summed E-state index contributed by atoms with van der Waals surface area (Å²) in [5.74, 6) is 1.46. The van der Waals surface area contributed by atoms with Crippen LogP contribution in [0.15, 0.2) is 29.5 Å². The molecule has 2 N–H and O–H groups in total. The summed E-state index contributed by atoms with van der Waals surface area (Å²) in [6.45, 7) is 11.8. The number of esters is 1. The Kier molecular flexibility index (Phi) is 7.03. The van der Waals surface area contributed by atoms with Crippen molar-refractivity contribution in [1.29, 1.82) is 0 Å². The molecule has 1 saturated carbocycles. The van der Waals surface area contributed by atoms with Crippen LogP contribution in [-0.4, -0.2) is 53.1 Å². The summed E-state index contributed by atoms with van der Waals surface area (Å²) < 4.78 is 18.4. The molecule has 4 aromatic rings. The summed E-state index contributed by atoms with van der Waals surface area (Å²) in [6, 6.07) is 0. The molecule has 0 saturated heterocycles. The van der Waals surface area contributed by atoms with E-state index in [2.05, 4.69) is 25.1 Å². The van der Waals surface area contributed by atoms with E-state index in [0.717, 1.165) is 24.2 Å². The Labute approximate surface area is 232 Å². The van der Waals surface area contributed by atoms with Gasteiger partial charge in [0.1, 0.15) is 29.1 Å². The molecule has 5 rings (SSSR count). The standard InChI is InChI=1S/C28H34N8O4/c1-27(2,3)36-26-20(24(29)32-15-33-26)21(34-36)22-19(23(40-35-22)17-7-8-17)25-30-13-16(14-31-25)9-11-38-12-10-18(37)39-28(4,5)6/h9,11,13-15,17H,7-8,10,12H2,1-6H3,(H2,29,32,33)/b11-9+. The largest absolute Gasteiger partial charge is 0.501 e. The zero-order valence-electron chi connectivity index (χ0n) is 23.6. The monoisotopic (exact) mass is 546 g/mol. The maximum Gasteiger partial charge on any atom is 0.309 e. The smallest absolute Gasteiger partial charge is 0.309 e. The van der Waals surface area contributed by atoms with E-state index in [9.17, 15) is 4.79 Å². The van der Waals surface area contributed by atoms with Gasteiger partial charge in [-0.1, -0.05) is 5.16 Å². The highest BCUT2D eigenvalue weighted by atomic mass is 16.6. The molecule has 1 fully saturated rings. The fraction of sp³-hybridized carbons (Fsp3) is 0.464. The number of hydrogen-bond acceptors (Lipinski definition) is 11. The van der Waals surface area contributed by atoms with Crippen LogP contribution in [0.4, 0.5) is 5.82 Å². The maximum absolute atomic E-state index is 11.8. The normalized spacial score (nSPS) is 14.2. The first-order valence-corrected chi connectivity index (χ1v) is 13.2. The predicted octanol–water partition coefficient (Wildman–Crippen LogP) is 4.87. The molecular formula is C28H34N8O4. The minimum Gasteiger partial charge on any atom is -0.501 e. The second-order valence-electron chi connectivity index (χ2n) is 11.8. The number of nitrogens with zero attached hydrogens (tertiary/aromatic N) is 7. The van der Waals surface area contributed by atoms with Gasteiger partial charge in [0.2, 0.25) is 0 Å². The van der Waals surface area contributed by atoms with Crippen LogP contribution in [0.3, 0.4) is 0 Å². The number of nitrogen functional groups attached to an aromatic ring is 1. The summed E-state index contributed by atoms with van der Waals surface area (Å²) in [5.41, 5.74) is 8.50. The zero-order valence-corrected chi connectivity index (χ0v) is 23.6. The Bertz CT molecular complexity index is 1550. The van der Waals surface area contributed by atoms with Crippen LogP contribution < -0.4 is 5.73 Å². The number of anilines is 1. The lowest BCUT2D eigenvalue weighted by molar-refractivity contribution is -0.155. The minimum atomic E-state index is -0.518. The average Bonchev–Trinajstić information content (AvgIpc) is 3.48. The van der Waals surface area contributed by atoms with Crippen molar-refractivity contribution in [2.75, 3.05) is 12.3 Å². The van der Waals surface area contributed by atoms with Crippen molar-refractivity contribution in [1.82, 2.24) is 34.9 Å². The van der Waals surface area contributed by atoms with E-state index in [1.165, 1.54) is 12.6 Å². The molecule has 1 aliphatic carbocycles. The molecule has 210 valence electrons. The summed E-state index contributed by atoms with van der Waals surface area (Å²) in [7, 11) is 0. The number of ether oxygens (including phenoxy) is 2. The van der Waals surface area contributed by atoms with Crippen molar-refractivity contribution in [3.05, 3.63) is 36.3 Å². The Morgan fingerprint density at radius 2 is 1.82 bits per heavy atom. The van der Waals surface area contributed by atoms with Crippen molar-refractivity contribution in [3.63, 3.8) is 0 Å². The number of carbonyl (C=O) groups excluding carboxylic acids is 1. The lowest BCUT2D eigenvalue weighted by Crippen LogP contribution is -2.24. The molecule has 0 aromatic carbocycles. The van der Waals surface area contributed by atoms with E-state index in [4.69, 9.17) is 24.8 Å². The van der Waals surface area contributed by atoms with Crippen LogP contribution in [0.2, 0.25) is 0 Å². The third kappa shape index (κ3) is 5.80. The lowest BCUT2D eigenvalue weighted by atomic mass is 10.1. The number of fused-ring (bicyclic) bond motifs is 1. The van der Waals surface area contributed by atoms with Gasteiger partial charge in [0.05, 0.1) is 35.8 Å². The molecule has 0 atom stereocenters. The number of carbonyl (C=O) groups is 1. The quantitative estimate of drug-likeness (QED) is 0.183. The molecule has 0 bridgehead atoms. The highest BCUT2D eigenvalue weighted by molar-refractivity contribution is 6.00. The summed E-state index contributed by atoms with van der Waals surface area (Å²) in [4.78, 5) is 29.7. The first-order valence-electron chi connectivity index (χ1n) is 13.2. The average molecular weight is 547 g/mol. The van der Waals surface area contributed by atoms with Gasteiger partial charge in [-0.15, -0.1) is 0 Å². The Morgan fingerprint density at radius 3 is 2.48 bits per heavy atom. The molecule has 40 heavy (non-hydrogen) atoms. The van der Waals surface area contributed by atoms with Crippen LogP contribution in [0.25, 0.3) is 39.9 Å². The molecule has 1 aliphatic rings. The summed E-state index contributed by atoms with van der Waals surface area (Å²) >= 11 is 0. The molecule has 0 aliphatic heterocycles. The van der Waals surface area contributed by atoms with Gasteiger partial charge in [-0.25, -0.2) is 24.6 Å². The van der Waals surface area contributed by atoms with Gasteiger partial charge in [0, 0.05) is 23.9 Å². The van der Waals surface area contributed by atoms with Crippen LogP contribution in [0.5, 0.6) is 0 Å². The summed E-state index contributed by atoms with van der Waals surface area (Å²) in [5, 5.41) is 9.91. The number of rotatable bonds is 8. The van der Waals surface area contributed by atoms with Gasteiger partial charge in [-0.2, -0.15) is 5.10 Å². The molecule has 12 nitrogen and oxygen atoms in total. The molecule has 0 spiro atoms. The van der Waals surface area contributed by atoms with Crippen molar-refractivity contribution < 1.29 is 18.8 Å². The van der Waals surface area contributed by atoms with Gasteiger partial charge in [0.15, 0.2) is 17.2 Å². The lowest BCUT2D eigenvalue weighted by Gasteiger charge is -2.19. The van der Waals surface area contributed by atoms with Crippen molar-refractivity contribution >= 4 is 28.9 Å². The highest BCUT2D eigenvalue weighted by Gasteiger charge is 2.36. The van der Waals surface area contributed by atoms with Gasteiger partial charge in [-0.05, 0) is 60.5 Å². The molecule has 0 unspecified atom stereocenters. The number of nitrogens with two attached hydrogens (primary N) is 1. The Morgan fingerprint density at radius 1 is 1.10 bits per heavy atom. The van der Waals surface area contributed by atoms with Crippen LogP contribution in [-0.2, 0) is 19.8 Å². The molecule has 0 radical (unpaired) electrons. The minimum absolute atomic E-state index is 0.159. The second kappa shape index (κ2) is 10.3. The Hall–Kier alpha value is -4.35. The fourth-order valence-electron chi connectivity index (χ4n) is 4.20.